The molecule has 0 radical (unpaired) electrons. The lowest BCUT2D eigenvalue weighted by atomic mass is 9.46. The van der Waals surface area contributed by atoms with E-state index in [-0.39, 0.29) is 23.5 Å². The minimum absolute atomic E-state index is 0.0407. The van der Waals surface area contributed by atoms with Gasteiger partial charge in [-0.05, 0) is 68.4 Å². The number of rotatable bonds is 1. The van der Waals surface area contributed by atoms with Gasteiger partial charge in [-0.2, -0.15) is 0 Å². The Labute approximate surface area is 160 Å². The van der Waals surface area contributed by atoms with E-state index in [1.165, 1.54) is 0 Å². The summed E-state index contributed by atoms with van der Waals surface area (Å²) in [5.41, 5.74) is -0.682. The molecule has 6 nitrogen and oxygen atoms in total. The third-order valence-corrected chi connectivity index (χ3v) is 8.74. The predicted molar refractivity (Wildman–Crippen MR) is 99.3 cm³/mol. The molecule has 0 aromatic heterocycles. The molecular formula is C21H31NO5. The zero-order valence-electron chi connectivity index (χ0n) is 16.4. The largest absolute Gasteiger partial charge is 0.411 e. The van der Waals surface area contributed by atoms with Crippen LogP contribution < -0.4 is 0 Å². The Morgan fingerprint density at radius 2 is 1.85 bits per heavy atom. The first-order chi connectivity index (χ1) is 12.6. The van der Waals surface area contributed by atoms with Gasteiger partial charge in [-0.25, -0.2) is 0 Å². The lowest BCUT2D eigenvalue weighted by Crippen LogP contribution is -2.60. The van der Waals surface area contributed by atoms with Crippen LogP contribution in [-0.4, -0.2) is 49.8 Å². The van der Waals surface area contributed by atoms with Crippen LogP contribution in [0.15, 0.2) is 16.8 Å². The molecule has 0 spiro atoms. The maximum atomic E-state index is 12.2. The molecule has 0 aromatic carbocycles. The van der Waals surface area contributed by atoms with Gasteiger partial charge in [0.1, 0.15) is 5.78 Å². The quantitative estimate of drug-likeness (QED) is 0.413. The van der Waals surface area contributed by atoms with E-state index in [0.29, 0.717) is 31.4 Å². The fraction of sp³-hybridized carbons (Fsp3) is 0.810. The Balaban J connectivity index is 1.84. The van der Waals surface area contributed by atoms with Crippen molar-refractivity contribution in [3.8, 4) is 0 Å². The third kappa shape index (κ3) is 2.29. The van der Waals surface area contributed by atoms with Crippen LogP contribution in [0.3, 0.4) is 0 Å². The van der Waals surface area contributed by atoms with E-state index >= 15 is 0 Å². The average Bonchev–Trinajstić information content (AvgIpc) is 2.88. The van der Waals surface area contributed by atoms with Crippen molar-refractivity contribution in [1.82, 2.24) is 0 Å². The Hall–Kier alpha value is -1.24. The van der Waals surface area contributed by atoms with Gasteiger partial charge in [0.05, 0.1) is 23.5 Å². The molecule has 0 amide bonds. The van der Waals surface area contributed by atoms with Crippen LogP contribution in [0.1, 0.15) is 59.3 Å². The number of aliphatic hydroxyl groups excluding tert-OH is 2. The summed E-state index contributed by atoms with van der Waals surface area (Å²) in [6.07, 6.45) is 3.70. The number of carbonyl (C=O) groups is 1. The molecule has 4 aliphatic rings. The first-order valence-corrected chi connectivity index (χ1v) is 10.1. The molecule has 3 saturated carbocycles. The van der Waals surface area contributed by atoms with E-state index in [0.717, 1.165) is 18.4 Å². The van der Waals surface area contributed by atoms with Gasteiger partial charge in [0.15, 0.2) is 0 Å². The highest BCUT2D eigenvalue weighted by Crippen LogP contribution is 2.67. The molecular weight excluding hydrogens is 346 g/mol. The monoisotopic (exact) mass is 377 g/mol. The van der Waals surface area contributed by atoms with Crippen LogP contribution in [-0.2, 0) is 4.79 Å². The minimum Gasteiger partial charge on any atom is -0.411 e. The number of carbonyl (C=O) groups excluding carboxylic acids is 1. The van der Waals surface area contributed by atoms with Crippen molar-refractivity contribution in [1.29, 1.82) is 0 Å². The average molecular weight is 377 g/mol. The highest BCUT2D eigenvalue weighted by Gasteiger charge is 2.66. The van der Waals surface area contributed by atoms with E-state index in [1.54, 1.807) is 6.92 Å². The van der Waals surface area contributed by atoms with Crippen molar-refractivity contribution < 1.29 is 25.3 Å². The summed E-state index contributed by atoms with van der Waals surface area (Å²) in [4.78, 5) is 12.2. The number of allylic oxidation sites excluding steroid dienone is 1. The van der Waals surface area contributed by atoms with Gasteiger partial charge in [0, 0.05) is 17.3 Å². The number of oxime groups is 1. The Morgan fingerprint density at radius 1 is 1.15 bits per heavy atom. The van der Waals surface area contributed by atoms with Crippen LogP contribution >= 0.6 is 0 Å². The summed E-state index contributed by atoms with van der Waals surface area (Å²) in [7, 11) is 0. The van der Waals surface area contributed by atoms with Gasteiger partial charge in [0.25, 0.3) is 0 Å². The topological polar surface area (TPSA) is 110 Å². The summed E-state index contributed by atoms with van der Waals surface area (Å²) >= 11 is 0. The molecule has 6 heteroatoms. The predicted octanol–water partition coefficient (Wildman–Crippen LogP) is 2.04. The number of fused-ring (bicyclic) bond motifs is 5. The molecule has 27 heavy (non-hydrogen) atoms. The van der Waals surface area contributed by atoms with Crippen molar-refractivity contribution in [3.05, 3.63) is 11.6 Å². The lowest BCUT2D eigenvalue weighted by Gasteiger charge is -2.60. The number of hydrogen-bond acceptors (Lipinski definition) is 6. The van der Waals surface area contributed by atoms with Crippen LogP contribution in [0.2, 0.25) is 0 Å². The Bertz CT molecular complexity index is 732. The molecule has 3 fully saturated rings. The Morgan fingerprint density at radius 3 is 2.48 bits per heavy atom. The first-order valence-electron chi connectivity index (χ1n) is 10.1. The fourth-order valence-corrected chi connectivity index (χ4v) is 7.14. The second-order valence-corrected chi connectivity index (χ2v) is 9.83. The SMILES string of the molecule is CC(=O)[C@H]1CC[C@@]2(O)C3=C/C(=N/O)[C@@H]4C[C@@H](O)[C@@H](O)C[C@]4(C)C3CC[C@]12C. The number of nitrogens with zero attached hydrogens (tertiary/aromatic N) is 1. The first kappa shape index (κ1) is 19.1. The van der Waals surface area contributed by atoms with E-state index in [9.17, 15) is 25.3 Å². The van der Waals surface area contributed by atoms with Crippen molar-refractivity contribution in [2.24, 2.45) is 33.7 Å². The second kappa shape index (κ2) is 5.88. The fourth-order valence-electron chi connectivity index (χ4n) is 7.14. The van der Waals surface area contributed by atoms with Gasteiger partial charge in [0.2, 0.25) is 0 Å². The smallest absolute Gasteiger partial charge is 0.133 e. The molecule has 8 atom stereocenters. The molecule has 0 aliphatic heterocycles. The summed E-state index contributed by atoms with van der Waals surface area (Å²) in [5.74, 6) is -0.158. The van der Waals surface area contributed by atoms with E-state index in [1.807, 2.05) is 13.0 Å². The molecule has 4 aliphatic carbocycles. The van der Waals surface area contributed by atoms with Crippen LogP contribution in [0.4, 0.5) is 0 Å². The van der Waals surface area contributed by atoms with Gasteiger partial charge >= 0.3 is 0 Å². The highest BCUT2D eigenvalue weighted by molar-refractivity contribution is 5.99. The number of hydrogen-bond donors (Lipinski definition) is 4. The van der Waals surface area contributed by atoms with E-state index in [4.69, 9.17) is 0 Å². The molecule has 4 N–H and O–H groups in total. The number of aliphatic hydroxyl groups is 3. The molecule has 1 unspecified atom stereocenters. The zero-order valence-corrected chi connectivity index (χ0v) is 16.4. The molecule has 0 heterocycles. The Kier molecular flexibility index (Phi) is 4.16. The molecule has 0 saturated heterocycles. The summed E-state index contributed by atoms with van der Waals surface area (Å²) in [6.45, 7) is 5.71. The van der Waals surface area contributed by atoms with Crippen molar-refractivity contribution in [3.63, 3.8) is 0 Å². The van der Waals surface area contributed by atoms with E-state index in [2.05, 4.69) is 12.1 Å². The minimum atomic E-state index is -1.10. The van der Waals surface area contributed by atoms with Crippen LogP contribution in [0.5, 0.6) is 0 Å². The van der Waals surface area contributed by atoms with Crippen LogP contribution in [0, 0.1) is 28.6 Å². The summed E-state index contributed by atoms with van der Waals surface area (Å²) in [5, 5.41) is 45.6. The van der Waals surface area contributed by atoms with Gasteiger partial charge in [-0.15, -0.1) is 0 Å². The molecule has 0 aromatic rings. The van der Waals surface area contributed by atoms with Gasteiger partial charge < -0.3 is 20.5 Å². The lowest BCUT2D eigenvalue weighted by molar-refractivity contribution is -0.137. The summed E-state index contributed by atoms with van der Waals surface area (Å²) in [6, 6.07) is 0. The molecule has 0 bridgehead atoms. The maximum Gasteiger partial charge on any atom is 0.133 e. The normalized spacial score (nSPS) is 53.3. The zero-order chi connectivity index (χ0) is 19.8. The van der Waals surface area contributed by atoms with E-state index < -0.39 is 28.6 Å². The van der Waals surface area contributed by atoms with Crippen molar-refractivity contribution in [2.75, 3.05) is 0 Å². The second-order valence-electron chi connectivity index (χ2n) is 9.83. The van der Waals surface area contributed by atoms with Crippen molar-refractivity contribution in [2.45, 2.75) is 77.1 Å². The van der Waals surface area contributed by atoms with Gasteiger partial charge in [-0.3, -0.25) is 4.79 Å². The number of ketones is 1. The van der Waals surface area contributed by atoms with Crippen LogP contribution in [0.25, 0.3) is 0 Å². The third-order valence-electron chi connectivity index (χ3n) is 8.74. The van der Waals surface area contributed by atoms with Gasteiger partial charge in [-0.1, -0.05) is 19.0 Å². The standard InChI is InChI=1S/C21H31NO5/c1-11(23)12-5-7-21(26)14-8-16(22-27)15-9-17(24)18(25)10-19(15,2)13(14)4-6-20(12,21)3/h8,12-13,15,17-18,24-27H,4-7,9-10H2,1-3H3/b22-16-/t12-,13?,15+,17-,18+,19-,20-,21-/m1/s1. The highest BCUT2D eigenvalue weighted by atomic mass is 16.4. The maximum absolute atomic E-state index is 12.2. The molecule has 150 valence electrons. The van der Waals surface area contributed by atoms with Crippen molar-refractivity contribution >= 4 is 11.5 Å². The summed E-state index contributed by atoms with van der Waals surface area (Å²) < 4.78 is 0. The number of Topliss-reactive ketones (excluding diaryl/α,β-unsaturated/α-hetero) is 1. The molecule has 4 rings (SSSR count).